The smallest absolute Gasteiger partial charge is 0.0547 e. The lowest BCUT2D eigenvalue weighted by molar-refractivity contribution is -0.148. The van der Waals surface area contributed by atoms with Crippen LogP contribution in [0.1, 0.15) is 19.3 Å². The van der Waals surface area contributed by atoms with Crippen molar-refractivity contribution in [3.05, 3.63) is 0 Å². The largest absolute Gasteiger partial charge is 0.380 e. The molecule has 0 saturated carbocycles. The molecule has 0 aromatic carbocycles. The predicted molar refractivity (Wildman–Crippen MR) is 62.0 cm³/mol. The van der Waals surface area contributed by atoms with Gasteiger partial charge in [-0.25, -0.2) is 0 Å². The van der Waals surface area contributed by atoms with E-state index < -0.39 is 0 Å². The van der Waals surface area contributed by atoms with E-state index in [-0.39, 0.29) is 0 Å². The normalized spacial score (nSPS) is 30.4. The number of nitrogens with zero attached hydrogens (tertiary/aromatic N) is 1. The third-order valence-electron chi connectivity index (χ3n) is 4.14. The van der Waals surface area contributed by atoms with Crippen molar-refractivity contribution in [2.24, 2.45) is 11.3 Å². The molecule has 0 aromatic rings. The Hall–Kier alpha value is -0.120. The quantitative estimate of drug-likeness (QED) is 0.687. The second kappa shape index (κ2) is 4.81. The monoisotopic (exact) mass is 212 g/mol. The van der Waals surface area contributed by atoms with E-state index in [1.807, 2.05) is 7.05 Å². The number of rotatable bonds is 5. The fourth-order valence-corrected chi connectivity index (χ4v) is 3.00. The van der Waals surface area contributed by atoms with Crippen molar-refractivity contribution < 1.29 is 4.74 Å². The Balaban J connectivity index is 1.84. The zero-order valence-electron chi connectivity index (χ0n) is 10.1. The minimum Gasteiger partial charge on any atom is -0.380 e. The van der Waals surface area contributed by atoms with Crippen molar-refractivity contribution in [3.63, 3.8) is 0 Å². The van der Waals surface area contributed by atoms with Gasteiger partial charge in [0.05, 0.1) is 13.2 Å². The summed E-state index contributed by atoms with van der Waals surface area (Å²) in [7, 11) is 4.27. The van der Waals surface area contributed by atoms with Gasteiger partial charge in [0.25, 0.3) is 0 Å². The molecule has 88 valence electrons. The number of hydrogen-bond donors (Lipinski definition) is 1. The molecule has 1 N–H and O–H groups in total. The van der Waals surface area contributed by atoms with Crippen LogP contribution in [-0.2, 0) is 4.74 Å². The van der Waals surface area contributed by atoms with Crippen LogP contribution < -0.4 is 5.32 Å². The summed E-state index contributed by atoms with van der Waals surface area (Å²) in [6.07, 6.45) is 4.01. The number of hydrogen-bond acceptors (Lipinski definition) is 3. The van der Waals surface area contributed by atoms with E-state index in [4.69, 9.17) is 4.74 Å². The molecule has 2 rings (SSSR count). The first-order valence-corrected chi connectivity index (χ1v) is 6.18. The standard InChI is InChI=1S/C12H24N2O/c1-13-6-3-5-12(9-15-10-12)11-4-7-14(2)8-11/h11,13H,3-10H2,1-2H3. The number of likely N-dealkylation sites (tertiary alicyclic amines) is 1. The molecular weight excluding hydrogens is 188 g/mol. The molecule has 15 heavy (non-hydrogen) atoms. The van der Waals surface area contributed by atoms with E-state index in [1.54, 1.807) is 0 Å². The minimum absolute atomic E-state index is 0.529. The van der Waals surface area contributed by atoms with Crippen LogP contribution in [0.3, 0.4) is 0 Å². The molecule has 3 heteroatoms. The Labute approximate surface area is 93.2 Å². The number of nitrogens with one attached hydrogen (secondary N) is 1. The summed E-state index contributed by atoms with van der Waals surface area (Å²) >= 11 is 0. The van der Waals surface area contributed by atoms with Gasteiger partial charge in [0.15, 0.2) is 0 Å². The van der Waals surface area contributed by atoms with Crippen LogP contribution in [0.15, 0.2) is 0 Å². The summed E-state index contributed by atoms with van der Waals surface area (Å²) in [4.78, 5) is 2.46. The van der Waals surface area contributed by atoms with Gasteiger partial charge in [0.2, 0.25) is 0 Å². The van der Waals surface area contributed by atoms with Crippen LogP contribution in [0.2, 0.25) is 0 Å². The maximum absolute atomic E-state index is 5.48. The second-order valence-corrected chi connectivity index (χ2v) is 5.31. The van der Waals surface area contributed by atoms with Crippen LogP contribution >= 0.6 is 0 Å². The average Bonchev–Trinajstić information content (AvgIpc) is 2.57. The lowest BCUT2D eigenvalue weighted by Crippen LogP contribution is -2.49. The Morgan fingerprint density at radius 3 is 2.73 bits per heavy atom. The van der Waals surface area contributed by atoms with Gasteiger partial charge in [0.1, 0.15) is 0 Å². The van der Waals surface area contributed by atoms with Gasteiger partial charge in [-0.05, 0) is 52.4 Å². The summed E-state index contributed by atoms with van der Waals surface area (Å²) in [5, 5.41) is 3.24. The first-order chi connectivity index (χ1) is 7.27. The summed E-state index contributed by atoms with van der Waals surface area (Å²) < 4.78 is 5.48. The van der Waals surface area contributed by atoms with Gasteiger partial charge >= 0.3 is 0 Å². The van der Waals surface area contributed by atoms with Gasteiger partial charge in [-0.3, -0.25) is 0 Å². The molecule has 0 radical (unpaired) electrons. The van der Waals surface area contributed by atoms with Crippen molar-refractivity contribution in [2.45, 2.75) is 19.3 Å². The van der Waals surface area contributed by atoms with Crippen molar-refractivity contribution in [2.75, 3.05) is 46.9 Å². The molecule has 1 unspecified atom stereocenters. The van der Waals surface area contributed by atoms with Crippen molar-refractivity contribution in [1.82, 2.24) is 10.2 Å². The Bertz CT molecular complexity index is 204. The van der Waals surface area contributed by atoms with E-state index in [0.29, 0.717) is 5.41 Å². The highest BCUT2D eigenvalue weighted by Crippen LogP contribution is 2.44. The maximum Gasteiger partial charge on any atom is 0.0547 e. The molecule has 3 nitrogen and oxygen atoms in total. The molecule has 0 amide bonds. The molecule has 2 fully saturated rings. The Kier molecular flexibility index (Phi) is 3.65. The van der Waals surface area contributed by atoms with E-state index in [1.165, 1.54) is 32.4 Å². The molecule has 2 aliphatic heterocycles. The van der Waals surface area contributed by atoms with Crippen LogP contribution in [0.5, 0.6) is 0 Å². The van der Waals surface area contributed by atoms with Crippen molar-refractivity contribution in [3.8, 4) is 0 Å². The third kappa shape index (κ3) is 2.35. The summed E-state index contributed by atoms with van der Waals surface area (Å²) in [5.41, 5.74) is 0.529. The molecule has 0 bridgehead atoms. The van der Waals surface area contributed by atoms with Crippen LogP contribution in [0, 0.1) is 11.3 Å². The molecule has 0 spiro atoms. The molecule has 1 atom stereocenters. The molecule has 0 aliphatic carbocycles. The molecule has 2 aliphatic rings. The molecule has 2 heterocycles. The zero-order chi connectivity index (χ0) is 10.7. The van der Waals surface area contributed by atoms with E-state index in [0.717, 1.165) is 25.7 Å². The van der Waals surface area contributed by atoms with Gasteiger partial charge in [-0.1, -0.05) is 0 Å². The van der Waals surface area contributed by atoms with Crippen molar-refractivity contribution >= 4 is 0 Å². The summed E-state index contributed by atoms with van der Waals surface area (Å²) in [6, 6.07) is 0. The third-order valence-corrected chi connectivity index (χ3v) is 4.14. The highest BCUT2D eigenvalue weighted by atomic mass is 16.5. The van der Waals surface area contributed by atoms with E-state index in [2.05, 4.69) is 17.3 Å². The second-order valence-electron chi connectivity index (χ2n) is 5.31. The lowest BCUT2D eigenvalue weighted by Gasteiger charge is -2.46. The first-order valence-electron chi connectivity index (χ1n) is 6.18. The fourth-order valence-electron chi connectivity index (χ4n) is 3.00. The van der Waals surface area contributed by atoms with Crippen LogP contribution in [-0.4, -0.2) is 51.8 Å². The van der Waals surface area contributed by atoms with Crippen LogP contribution in [0.4, 0.5) is 0 Å². The lowest BCUT2D eigenvalue weighted by atomic mass is 9.70. The predicted octanol–water partition coefficient (Wildman–Crippen LogP) is 0.954. The highest BCUT2D eigenvalue weighted by molar-refractivity contribution is 4.95. The summed E-state index contributed by atoms with van der Waals surface area (Å²) in [6.45, 7) is 5.72. The van der Waals surface area contributed by atoms with E-state index in [9.17, 15) is 0 Å². The average molecular weight is 212 g/mol. The van der Waals surface area contributed by atoms with Gasteiger partial charge in [-0.2, -0.15) is 0 Å². The maximum atomic E-state index is 5.48. The van der Waals surface area contributed by atoms with Gasteiger partial charge in [-0.15, -0.1) is 0 Å². The zero-order valence-corrected chi connectivity index (χ0v) is 10.1. The van der Waals surface area contributed by atoms with Crippen molar-refractivity contribution in [1.29, 1.82) is 0 Å². The first kappa shape index (κ1) is 11.4. The molecule has 2 saturated heterocycles. The fraction of sp³-hybridized carbons (Fsp3) is 1.00. The van der Waals surface area contributed by atoms with E-state index >= 15 is 0 Å². The molecule has 0 aromatic heterocycles. The summed E-state index contributed by atoms with van der Waals surface area (Å²) in [5.74, 6) is 0.883. The molecular formula is C12H24N2O. The minimum atomic E-state index is 0.529. The van der Waals surface area contributed by atoms with Gasteiger partial charge in [0, 0.05) is 12.0 Å². The van der Waals surface area contributed by atoms with Gasteiger partial charge < -0.3 is 15.0 Å². The highest BCUT2D eigenvalue weighted by Gasteiger charge is 2.46. The topological polar surface area (TPSA) is 24.5 Å². The van der Waals surface area contributed by atoms with Crippen LogP contribution in [0.25, 0.3) is 0 Å². The Morgan fingerprint density at radius 2 is 2.27 bits per heavy atom. The number of ether oxygens (including phenoxy) is 1. The SMILES string of the molecule is CNCCCC1(C2CCN(C)C2)COC1. The Morgan fingerprint density at radius 1 is 1.47 bits per heavy atom.